The van der Waals surface area contributed by atoms with Gasteiger partial charge in [0.25, 0.3) is 0 Å². The number of hydrogen-bond acceptors (Lipinski definition) is 6. The van der Waals surface area contributed by atoms with E-state index in [1.807, 2.05) is 13.0 Å². The summed E-state index contributed by atoms with van der Waals surface area (Å²) >= 11 is 0. The average Bonchev–Trinajstić information content (AvgIpc) is 2.96. The average molecular weight is 318 g/mol. The van der Waals surface area contributed by atoms with Gasteiger partial charge in [-0.2, -0.15) is 0 Å². The molecule has 0 saturated carbocycles. The lowest BCUT2D eigenvalue weighted by atomic mass is 10.1. The highest BCUT2D eigenvalue weighted by atomic mass is 16.5. The van der Waals surface area contributed by atoms with Gasteiger partial charge in [-0.1, -0.05) is 5.16 Å². The van der Waals surface area contributed by atoms with Crippen molar-refractivity contribution >= 4 is 11.8 Å². The van der Waals surface area contributed by atoms with Crippen molar-refractivity contribution in [2.24, 2.45) is 0 Å². The van der Waals surface area contributed by atoms with E-state index < -0.39 is 6.03 Å². The number of amides is 2. The van der Waals surface area contributed by atoms with Crippen molar-refractivity contribution in [2.75, 3.05) is 19.0 Å². The van der Waals surface area contributed by atoms with Crippen molar-refractivity contribution in [3.63, 3.8) is 0 Å². The fourth-order valence-electron chi connectivity index (χ4n) is 2.33. The van der Waals surface area contributed by atoms with E-state index in [1.54, 1.807) is 6.07 Å². The van der Waals surface area contributed by atoms with Crippen molar-refractivity contribution in [2.45, 2.75) is 26.5 Å². The highest BCUT2D eigenvalue weighted by Gasteiger charge is 2.20. The third-order valence-corrected chi connectivity index (χ3v) is 3.54. The van der Waals surface area contributed by atoms with Crippen LogP contribution in [-0.2, 0) is 24.3 Å². The SMILES string of the molecule is COc1ccc(C)nc1NC(=O)NCc1noc2c1COCC2. The lowest BCUT2D eigenvalue weighted by Gasteiger charge is -2.12. The Labute approximate surface area is 133 Å². The molecule has 0 aromatic carbocycles. The van der Waals surface area contributed by atoms with Crippen molar-refractivity contribution in [1.82, 2.24) is 15.5 Å². The number of aryl methyl sites for hydroxylation is 1. The van der Waals surface area contributed by atoms with E-state index in [4.69, 9.17) is 14.0 Å². The Balaban J connectivity index is 1.62. The lowest BCUT2D eigenvalue weighted by Crippen LogP contribution is -2.29. The molecule has 23 heavy (non-hydrogen) atoms. The number of carbonyl (C=O) groups excluding carboxylic acids is 1. The maximum Gasteiger partial charge on any atom is 0.320 e. The van der Waals surface area contributed by atoms with Crippen LogP contribution in [0.25, 0.3) is 0 Å². The van der Waals surface area contributed by atoms with E-state index in [2.05, 4.69) is 20.8 Å². The molecule has 8 nitrogen and oxygen atoms in total. The summed E-state index contributed by atoms with van der Waals surface area (Å²) in [4.78, 5) is 16.3. The second-order valence-corrected chi connectivity index (χ2v) is 5.14. The Morgan fingerprint density at radius 1 is 1.43 bits per heavy atom. The molecular formula is C15H18N4O4. The molecule has 2 amide bonds. The summed E-state index contributed by atoms with van der Waals surface area (Å²) in [6, 6.07) is 3.17. The number of urea groups is 1. The largest absolute Gasteiger partial charge is 0.493 e. The monoisotopic (exact) mass is 318 g/mol. The maximum absolute atomic E-state index is 12.0. The molecule has 0 saturated heterocycles. The molecule has 8 heteroatoms. The Morgan fingerprint density at radius 3 is 3.13 bits per heavy atom. The number of carbonyl (C=O) groups is 1. The first-order valence-electron chi connectivity index (χ1n) is 7.28. The molecule has 2 aromatic heterocycles. The van der Waals surface area contributed by atoms with Crippen molar-refractivity contribution in [1.29, 1.82) is 0 Å². The second-order valence-electron chi connectivity index (χ2n) is 5.14. The van der Waals surface area contributed by atoms with Crippen LogP contribution in [0.3, 0.4) is 0 Å². The van der Waals surface area contributed by atoms with Crippen LogP contribution in [0.2, 0.25) is 0 Å². The molecule has 0 atom stereocenters. The molecule has 1 aliphatic rings. The summed E-state index contributed by atoms with van der Waals surface area (Å²) in [6.45, 7) is 3.19. The number of nitrogens with one attached hydrogen (secondary N) is 2. The fourth-order valence-corrected chi connectivity index (χ4v) is 2.33. The molecule has 0 radical (unpaired) electrons. The molecule has 0 bridgehead atoms. The van der Waals surface area contributed by atoms with Gasteiger partial charge in [-0.25, -0.2) is 9.78 Å². The molecule has 0 aliphatic carbocycles. The number of hydrogen-bond donors (Lipinski definition) is 2. The lowest BCUT2D eigenvalue weighted by molar-refractivity contribution is 0.102. The van der Waals surface area contributed by atoms with Gasteiger partial charge in [-0.3, -0.25) is 5.32 Å². The quantitative estimate of drug-likeness (QED) is 0.891. The molecule has 0 fully saturated rings. The summed E-state index contributed by atoms with van der Waals surface area (Å²) in [7, 11) is 1.52. The number of anilines is 1. The fraction of sp³-hybridized carbons (Fsp3) is 0.400. The van der Waals surface area contributed by atoms with Gasteiger partial charge in [0.1, 0.15) is 11.5 Å². The smallest absolute Gasteiger partial charge is 0.320 e. The number of nitrogens with zero attached hydrogens (tertiary/aromatic N) is 2. The van der Waals surface area contributed by atoms with E-state index in [1.165, 1.54) is 7.11 Å². The Hall–Kier alpha value is -2.61. The topological polar surface area (TPSA) is 98.5 Å². The number of ether oxygens (including phenoxy) is 2. The van der Waals surface area contributed by atoms with Gasteiger partial charge in [0.05, 0.1) is 26.9 Å². The van der Waals surface area contributed by atoms with Crippen LogP contribution < -0.4 is 15.4 Å². The molecule has 1 aliphatic heterocycles. The van der Waals surface area contributed by atoms with E-state index in [0.29, 0.717) is 36.9 Å². The Kier molecular flexibility index (Phi) is 4.42. The first-order chi connectivity index (χ1) is 11.2. The number of methoxy groups -OCH3 is 1. The summed E-state index contributed by atoms with van der Waals surface area (Å²) in [5.74, 6) is 1.70. The van der Waals surface area contributed by atoms with Crippen LogP contribution >= 0.6 is 0 Å². The number of fused-ring (bicyclic) bond motifs is 1. The minimum absolute atomic E-state index is 0.252. The predicted octanol–water partition coefficient (Wildman–Crippen LogP) is 1.78. The Bertz CT molecular complexity index is 713. The van der Waals surface area contributed by atoms with E-state index in [-0.39, 0.29) is 6.54 Å². The van der Waals surface area contributed by atoms with Gasteiger partial charge in [0.15, 0.2) is 11.6 Å². The minimum atomic E-state index is -0.394. The molecule has 2 N–H and O–H groups in total. The molecule has 0 unspecified atom stereocenters. The van der Waals surface area contributed by atoms with E-state index in [9.17, 15) is 4.79 Å². The summed E-state index contributed by atoms with van der Waals surface area (Å²) < 4.78 is 15.8. The normalized spacial score (nSPS) is 13.3. The molecule has 2 aromatic rings. The van der Waals surface area contributed by atoms with Gasteiger partial charge in [-0.15, -0.1) is 0 Å². The first kappa shape index (κ1) is 15.3. The van der Waals surface area contributed by atoms with Gasteiger partial charge in [0, 0.05) is 17.7 Å². The van der Waals surface area contributed by atoms with Crippen LogP contribution in [0.5, 0.6) is 5.75 Å². The van der Waals surface area contributed by atoms with Crippen LogP contribution in [0, 0.1) is 6.92 Å². The zero-order valence-electron chi connectivity index (χ0n) is 13.0. The third-order valence-electron chi connectivity index (χ3n) is 3.54. The zero-order chi connectivity index (χ0) is 16.2. The molecule has 3 heterocycles. The maximum atomic E-state index is 12.0. The van der Waals surface area contributed by atoms with Gasteiger partial charge >= 0.3 is 6.03 Å². The zero-order valence-corrected chi connectivity index (χ0v) is 13.0. The van der Waals surface area contributed by atoms with Crippen molar-refractivity contribution in [3.8, 4) is 5.75 Å². The second kappa shape index (κ2) is 6.66. The predicted molar refractivity (Wildman–Crippen MR) is 81.2 cm³/mol. The van der Waals surface area contributed by atoms with Gasteiger partial charge < -0.3 is 19.3 Å². The van der Waals surface area contributed by atoms with Crippen LogP contribution in [0.4, 0.5) is 10.6 Å². The summed E-state index contributed by atoms with van der Waals surface area (Å²) in [5, 5.41) is 9.39. The van der Waals surface area contributed by atoms with E-state index in [0.717, 1.165) is 17.0 Å². The van der Waals surface area contributed by atoms with E-state index >= 15 is 0 Å². The molecular weight excluding hydrogens is 300 g/mol. The number of pyridine rings is 1. The first-order valence-corrected chi connectivity index (χ1v) is 7.28. The number of rotatable bonds is 4. The van der Waals surface area contributed by atoms with Crippen molar-refractivity contribution < 1.29 is 18.8 Å². The highest BCUT2D eigenvalue weighted by molar-refractivity contribution is 5.89. The highest BCUT2D eigenvalue weighted by Crippen LogP contribution is 2.22. The molecule has 3 rings (SSSR count). The van der Waals surface area contributed by atoms with Gasteiger partial charge in [-0.05, 0) is 19.1 Å². The van der Waals surface area contributed by atoms with Crippen LogP contribution in [0.1, 0.15) is 22.7 Å². The minimum Gasteiger partial charge on any atom is -0.493 e. The van der Waals surface area contributed by atoms with Gasteiger partial charge in [0.2, 0.25) is 0 Å². The van der Waals surface area contributed by atoms with Crippen LogP contribution in [-0.4, -0.2) is 29.9 Å². The standard InChI is InChI=1S/C15H18N4O4/c1-9-3-4-13(21-2)14(17-9)18-15(20)16-7-11-10-8-22-6-5-12(10)23-19-11/h3-4H,5-8H2,1-2H3,(H2,16,17,18,20). The molecule has 0 spiro atoms. The van der Waals surface area contributed by atoms with Crippen LogP contribution in [0.15, 0.2) is 16.7 Å². The van der Waals surface area contributed by atoms with Crippen molar-refractivity contribution in [3.05, 3.63) is 34.8 Å². The summed E-state index contributed by atoms with van der Waals surface area (Å²) in [5.41, 5.74) is 2.38. The third kappa shape index (κ3) is 3.42. The Morgan fingerprint density at radius 2 is 2.30 bits per heavy atom. The summed E-state index contributed by atoms with van der Waals surface area (Å²) in [6.07, 6.45) is 0.707. The molecule has 122 valence electrons. The number of aromatic nitrogens is 2.